The van der Waals surface area contributed by atoms with E-state index < -0.39 is 338 Å². The fourth-order valence-corrected chi connectivity index (χ4v) is 14.8. The van der Waals surface area contributed by atoms with Crippen molar-refractivity contribution in [2.45, 2.75) is 208 Å². The van der Waals surface area contributed by atoms with Crippen molar-refractivity contribution < 1.29 is 208 Å². The van der Waals surface area contributed by atoms with E-state index in [-0.39, 0.29) is 126 Å². The minimum absolute atomic E-state index is 0. The molecule has 12 unspecified atom stereocenters. The zero-order valence-corrected chi connectivity index (χ0v) is 80.5. The van der Waals surface area contributed by atoms with Crippen molar-refractivity contribution in [2.24, 2.45) is 5.73 Å². The third kappa shape index (κ3) is 47.4. The summed E-state index contributed by atoms with van der Waals surface area (Å²) < 4.78 is 0. The molecule has 0 aliphatic carbocycles. The number of nitrogens with zero attached hydrogens (tertiary/aromatic N) is 4. The molecule has 1 saturated heterocycles. The normalized spacial score (nSPS) is 15.1. The van der Waals surface area contributed by atoms with Crippen molar-refractivity contribution >= 4 is 153 Å². The zero-order valence-electron chi connectivity index (χ0n) is 78.9. The molecule has 12 atom stereocenters. The molecule has 5 rings (SSSR count). The number of H-pyrrole nitrogens is 1. The van der Waals surface area contributed by atoms with Gasteiger partial charge in [-0.05, 0) is 86.8 Å². The summed E-state index contributed by atoms with van der Waals surface area (Å²) in [6, 6.07) is -2.24. The Morgan fingerprint density at radius 3 is 1.03 bits per heavy atom. The first-order chi connectivity index (χ1) is 68.0. The number of nitrogens with one attached hydrogen (secondary N) is 14. The number of hydrogen-bond acceptors (Lipinski definition) is 32. The van der Waals surface area contributed by atoms with Gasteiger partial charge in [-0.25, -0.2) is 0 Å². The number of rotatable bonds is 63. The van der Waals surface area contributed by atoms with E-state index in [9.17, 15) is 171 Å². The maximum Gasteiger partial charge on any atom is 3.00 e. The number of aromatic hydroxyl groups is 1. The smallest absolute Gasteiger partial charge is 0.549 e. The van der Waals surface area contributed by atoms with Crippen molar-refractivity contribution in [3.8, 4) is 5.75 Å². The van der Waals surface area contributed by atoms with Gasteiger partial charge in [-0.1, -0.05) is 80.4 Å². The number of carbonyl (C=O) groups excluding carboxylic acids is 17. The number of aliphatic carboxylic acids is 10. The van der Waals surface area contributed by atoms with Crippen LogP contribution in [0.3, 0.4) is 0 Å². The van der Waals surface area contributed by atoms with Crippen LogP contribution in [0.25, 0.3) is 10.9 Å². The molecule has 0 bridgehead atoms. The van der Waals surface area contributed by atoms with Crippen LogP contribution in [0.5, 0.6) is 5.75 Å². The second kappa shape index (κ2) is 63.4. The molecule has 2 heterocycles. The van der Waals surface area contributed by atoms with Crippen LogP contribution >= 0.6 is 0 Å². The average molecular weight is 2200 g/mol. The van der Waals surface area contributed by atoms with E-state index in [1.54, 1.807) is 61.5 Å². The number of hydrogen-bond donors (Lipinski definition) is 23. The van der Waals surface area contributed by atoms with Gasteiger partial charge in [-0.15, -0.1) is 0 Å². The molecule has 14 amide bonds. The average Bonchev–Trinajstić information content (AvgIpc) is 1.69. The number of para-hydroxylation sites is 1. The Morgan fingerprint density at radius 1 is 0.345 bits per heavy atom. The standard InChI is InChI=1S/C90H123N19O35.Lu/c1-3-4-13-56(83(137)105-66(42-75(125)126)90(144)103-63(79(91)133)39-50-10-6-5-7-11-50)97-89(143)65(41-52-43-92-55-14-9-8-12-54(52)55)96-67(111)44-93-81(135)64(40-51-15-17-53(110)18-16-51)104-80(134)49(2)94-82(136)58(20-26-70(115)116)98-85(139)60(22-28-72(119)120)100-87(141)62(24-30-74(123)124)102-88(142)61(23-29-73(121)122)101-86(140)59(21-27-71(117)118)99-84(138)57(19-25-69(113)114)95-68(112)45-106-31-33-107(46-76(127)128)35-37-109(48-78(131)132)38-36-108(34-32-106)47-77(129)130;/h5-12,14-18,43,49,56-66,92,110H,3-4,13,19-42,44-48H2,1-2H3,(H2,91,133)(H,93,135)(H,94,136)(H,95,112)(H,96,111)(H,97,143)(H,98,139)(H,99,138)(H,100,141)(H,101,140)(H,102,142)(H,103,144)(H,104,134)(H,105,137)(H,113,114)(H,115,116)(H,117,118)(H,119,120)(H,121,122)(H,123,124)(H,125,126)(H,127,128)(H,129,130)(H,131,132);/q;+3/p-3. The SMILES string of the molecule is CCCCC(NC(=O)C(Cc1c[nH]c2ccccc12)NC(=O)CNC(=O)C(Cc1ccc(O)cc1)NC(=O)C(C)NC(=O)C(CCC(=O)O)NC(=O)C(CCC(=O)O)NC(=O)C(CCC(=O)O)NC(=O)C(CCC(=O)O)NC(=O)C(CCC(=O)O)NC(=O)C(CCC(=O)O)NC(=O)CN1CCN(CC(=O)[O-])CCN(CC(=O)[O-])CCN(CC(=O)[O-])CC1)C(=O)NC(CC(=O)O)C(=O)NC(Cc1ccccc1)C(N)=O.[Lu+3]. The van der Waals surface area contributed by atoms with Gasteiger partial charge in [0.25, 0.3) is 0 Å². The monoisotopic (exact) mass is 2200 g/mol. The van der Waals surface area contributed by atoms with Gasteiger partial charge >= 0.3 is 78.7 Å². The third-order valence-corrected chi connectivity index (χ3v) is 22.4. The van der Waals surface area contributed by atoms with Gasteiger partial charge in [0.15, 0.2) is 0 Å². The number of carbonyl (C=O) groups is 24. The topological polar surface area (TPSA) is 852 Å². The maximum absolute atomic E-state index is 14.7. The van der Waals surface area contributed by atoms with Gasteiger partial charge in [0.05, 0.1) is 37.4 Å². The Morgan fingerprint density at radius 2 is 0.655 bits per heavy atom. The number of phenolic OH excluding ortho intramolecular Hbond substituents is 1. The number of benzene rings is 3. The van der Waals surface area contributed by atoms with E-state index >= 15 is 0 Å². The minimum Gasteiger partial charge on any atom is -0.549 e. The van der Waals surface area contributed by atoms with Crippen LogP contribution in [0.1, 0.15) is 133 Å². The molecule has 0 saturated carbocycles. The molecule has 3 aromatic carbocycles. The molecule has 800 valence electrons. The van der Waals surface area contributed by atoms with Crippen molar-refractivity contribution in [3.05, 3.63) is 102 Å². The predicted molar refractivity (Wildman–Crippen MR) is 489 cm³/mol. The quantitative estimate of drug-likeness (QED) is 0.0195. The van der Waals surface area contributed by atoms with Crippen molar-refractivity contribution in [2.75, 3.05) is 85.1 Å². The fraction of sp³-hybridized carbons (Fsp3) is 0.511. The summed E-state index contributed by atoms with van der Waals surface area (Å²) in [4.78, 5) is 327. The first-order valence-corrected chi connectivity index (χ1v) is 45.6. The minimum atomic E-state index is -2.19. The summed E-state index contributed by atoms with van der Waals surface area (Å²) in [6.07, 6.45) is -10.9. The molecule has 0 spiro atoms. The first-order valence-electron chi connectivity index (χ1n) is 45.6. The van der Waals surface area contributed by atoms with E-state index in [2.05, 4.69) is 74.1 Å². The molecule has 145 heavy (non-hydrogen) atoms. The summed E-state index contributed by atoms with van der Waals surface area (Å²) in [5.41, 5.74) is 7.48. The molecule has 55 heteroatoms. The van der Waals surface area contributed by atoms with Crippen LogP contribution in [0.15, 0.2) is 85.1 Å². The summed E-state index contributed by atoms with van der Waals surface area (Å²) in [7, 11) is 0. The van der Waals surface area contributed by atoms with Crippen LogP contribution < -0.4 is 90.2 Å². The number of carboxylic acids is 10. The molecule has 1 aromatic heterocycles. The molecular formula is C90H120LuN19O35. The Hall–Kier alpha value is -14.6. The van der Waals surface area contributed by atoms with E-state index in [1.807, 2.05) is 0 Å². The van der Waals surface area contributed by atoms with Crippen LogP contribution in [-0.4, -0.2) is 365 Å². The molecule has 1 aliphatic rings. The molecule has 24 N–H and O–H groups in total. The summed E-state index contributed by atoms with van der Waals surface area (Å²) in [5.74, 6) is -33.4. The van der Waals surface area contributed by atoms with Crippen LogP contribution in [0, 0.1) is 36.9 Å². The number of nitrogens with two attached hydrogens (primary N) is 1. The molecule has 54 nitrogen and oxygen atoms in total. The predicted octanol–water partition coefficient (Wildman–Crippen LogP) is -10.3. The van der Waals surface area contributed by atoms with Gasteiger partial charge in [-0.2, -0.15) is 0 Å². The summed E-state index contributed by atoms with van der Waals surface area (Å²) >= 11 is 0. The number of primary amides is 1. The Balaban J connectivity index is 0.0000438. The van der Waals surface area contributed by atoms with Gasteiger partial charge in [0.2, 0.25) is 82.7 Å². The van der Waals surface area contributed by atoms with Crippen LogP contribution in [0.2, 0.25) is 0 Å². The number of unbranched alkanes of at least 4 members (excludes halogenated alkanes) is 1. The molecule has 0 radical (unpaired) electrons. The van der Waals surface area contributed by atoms with Crippen molar-refractivity contribution in [1.82, 2.24) is 93.7 Å². The van der Waals surface area contributed by atoms with Gasteiger partial charge in [-0.3, -0.25) is 120 Å². The number of fused-ring (bicyclic) bond motifs is 1. The maximum atomic E-state index is 14.7. The Kier molecular flexibility index (Phi) is 53.6. The third-order valence-electron chi connectivity index (χ3n) is 22.4. The largest absolute Gasteiger partial charge is 3.00 e. The Labute approximate surface area is 856 Å². The number of aromatic amines is 1. The number of phenols is 1. The fourth-order valence-electron chi connectivity index (χ4n) is 14.8. The van der Waals surface area contributed by atoms with Gasteiger partial charge in [0.1, 0.15) is 78.3 Å². The van der Waals surface area contributed by atoms with Crippen LogP contribution in [0.4, 0.5) is 0 Å². The number of carboxylic acid groups (broad SMARTS) is 10. The second-order valence-corrected chi connectivity index (χ2v) is 33.8. The summed E-state index contributed by atoms with van der Waals surface area (Å²) in [6.45, 7) is -1.83. The van der Waals surface area contributed by atoms with E-state index in [0.717, 1.165) is 6.92 Å². The van der Waals surface area contributed by atoms with E-state index in [0.29, 0.717) is 28.5 Å². The molecular weight excluding hydrogens is 2080 g/mol. The number of aromatic nitrogens is 1. The summed E-state index contributed by atoms with van der Waals surface area (Å²) in [5, 5.41) is 144. The zero-order chi connectivity index (χ0) is 107. The number of amides is 14. The Bertz CT molecular complexity index is 5180. The van der Waals surface area contributed by atoms with E-state index in [4.69, 9.17) is 5.73 Å². The van der Waals surface area contributed by atoms with Crippen molar-refractivity contribution in [1.29, 1.82) is 0 Å². The van der Waals surface area contributed by atoms with Crippen molar-refractivity contribution in [3.63, 3.8) is 0 Å². The van der Waals surface area contributed by atoms with Crippen LogP contribution in [-0.2, 0) is 134 Å². The molecule has 4 aromatic rings. The molecule has 1 aliphatic heterocycles. The van der Waals surface area contributed by atoms with Gasteiger partial charge < -0.3 is 150 Å². The second-order valence-electron chi connectivity index (χ2n) is 33.8. The van der Waals surface area contributed by atoms with E-state index in [1.165, 1.54) is 50.1 Å². The van der Waals surface area contributed by atoms with Gasteiger partial charge in [0, 0.05) is 147 Å². The first kappa shape index (κ1) is 123. The molecule has 1 fully saturated rings.